The number of esters is 1. The van der Waals surface area contributed by atoms with Crippen LogP contribution in [0.4, 0.5) is 10.1 Å². The van der Waals surface area contributed by atoms with E-state index >= 15 is 23.6 Å². The minimum absolute atomic E-state index is 0.205. The number of halogens is 1. The summed E-state index contributed by atoms with van der Waals surface area (Å²) in [6, 6.07) is 10.6. The van der Waals surface area contributed by atoms with Crippen LogP contribution in [0, 0.1) is 11.2 Å². The van der Waals surface area contributed by atoms with E-state index in [4.69, 9.17) is 4.74 Å². The van der Waals surface area contributed by atoms with E-state index in [-0.39, 0.29) is 17.9 Å². The van der Waals surface area contributed by atoms with Gasteiger partial charge in [-0.2, -0.15) is 0 Å². The van der Waals surface area contributed by atoms with Crippen LogP contribution in [-0.2, 0) is 46.0 Å². The maximum atomic E-state index is 16.0. The van der Waals surface area contributed by atoms with E-state index in [0.717, 1.165) is 27.2 Å². The zero-order valence-electron chi connectivity index (χ0n) is 30.5. The van der Waals surface area contributed by atoms with Crippen LogP contribution in [0.5, 0.6) is 0 Å². The molecule has 284 valence electrons. The van der Waals surface area contributed by atoms with Gasteiger partial charge < -0.3 is 29.9 Å². The summed E-state index contributed by atoms with van der Waals surface area (Å²) in [6.45, 7) is 8.57. The number of aliphatic hydroxyl groups excluding tert-OH is 1. The van der Waals surface area contributed by atoms with Crippen molar-refractivity contribution < 1.29 is 38.2 Å². The lowest BCUT2D eigenvalue weighted by atomic mass is 9.51. The Hall–Kier alpha value is -3.12. The number of carbonyl (C=O) groups is 5. The molecule has 4 amide bonds. The number of piperazine rings is 2. The average molecular weight is 812 g/mol. The predicted octanol–water partition coefficient (Wildman–Crippen LogP) is 3.63. The SMILES string of the molecule is CC[C@@]12SS[C@]3(C(=O)N1C)[C@@H](O)[C@]1([C@@]45c6cc(F)ccc6N[C@@H]4N4C(=O)[C@]6(C)SS[C@]4(C(=O)N6C)[C@H]5OC(=O)C(C)(C)C)c4ccccc4C[C@@H]1N3C2=O. The number of benzene rings is 2. The third kappa shape index (κ3) is 3.28. The van der Waals surface area contributed by atoms with Gasteiger partial charge in [-0.05, 0) is 97.0 Å². The van der Waals surface area contributed by atoms with Crippen molar-refractivity contribution in [2.45, 2.75) is 102 Å². The largest absolute Gasteiger partial charge is 0.457 e. The maximum Gasteiger partial charge on any atom is 0.311 e. The molecule has 8 fully saturated rings. The van der Waals surface area contributed by atoms with Crippen LogP contribution in [0.2, 0.25) is 0 Å². The molecule has 10 aliphatic rings. The van der Waals surface area contributed by atoms with Crippen LogP contribution in [0.3, 0.4) is 0 Å². The number of rotatable bonds is 3. The minimum atomic E-state index is -1.90. The molecule has 2 aromatic rings. The Balaban J connectivity index is 1.38. The second-order valence-corrected chi connectivity index (χ2v) is 22.1. The molecule has 2 spiro atoms. The summed E-state index contributed by atoms with van der Waals surface area (Å²) in [7, 11) is 7.86. The molecule has 0 radical (unpaired) electrons. The first-order valence-corrected chi connectivity index (χ1v) is 22.2. The Labute approximate surface area is 326 Å². The number of nitrogens with one attached hydrogen (secondary N) is 1. The summed E-state index contributed by atoms with van der Waals surface area (Å²) in [4.78, 5) is 74.5. The number of anilines is 1. The molecule has 0 unspecified atom stereocenters. The smallest absolute Gasteiger partial charge is 0.311 e. The maximum absolute atomic E-state index is 16.0. The normalized spacial score (nSPS) is 42.2. The van der Waals surface area contributed by atoms with E-state index in [0.29, 0.717) is 17.7 Å². The summed E-state index contributed by atoms with van der Waals surface area (Å²) in [5.74, 6) is -3.01. The molecule has 9 aliphatic heterocycles. The molecule has 0 saturated carbocycles. The quantitative estimate of drug-likeness (QED) is 0.346. The molecule has 9 heterocycles. The van der Waals surface area contributed by atoms with E-state index < -0.39 is 89.7 Å². The zero-order valence-corrected chi connectivity index (χ0v) is 33.7. The summed E-state index contributed by atoms with van der Waals surface area (Å²) >= 11 is 0. The number of hydrogen-bond donors (Lipinski definition) is 2. The van der Waals surface area contributed by atoms with Gasteiger partial charge in [0.25, 0.3) is 23.6 Å². The van der Waals surface area contributed by atoms with Crippen molar-refractivity contribution >= 4 is 78.5 Å². The molecule has 2 N–H and O–H groups in total. The summed E-state index contributed by atoms with van der Waals surface area (Å²) in [5.41, 5.74) is -2.65. The molecule has 10 atom stereocenters. The van der Waals surface area contributed by atoms with Gasteiger partial charge in [0, 0.05) is 19.8 Å². The first-order chi connectivity index (χ1) is 25.4. The van der Waals surface area contributed by atoms with E-state index in [1.807, 2.05) is 31.2 Å². The van der Waals surface area contributed by atoms with Crippen LogP contribution >= 0.6 is 43.2 Å². The number of carbonyl (C=O) groups excluding carboxylic acids is 5. The van der Waals surface area contributed by atoms with Gasteiger partial charge in [0.2, 0.25) is 9.74 Å². The highest BCUT2D eigenvalue weighted by Crippen LogP contribution is 2.79. The monoisotopic (exact) mass is 811 g/mol. The average Bonchev–Trinajstić information content (AvgIpc) is 3.79. The van der Waals surface area contributed by atoms with Gasteiger partial charge >= 0.3 is 5.97 Å². The van der Waals surface area contributed by atoms with Crippen molar-refractivity contribution in [2.75, 3.05) is 19.4 Å². The first kappa shape index (κ1) is 35.3. The molecule has 8 saturated heterocycles. The topological polar surface area (TPSA) is 140 Å². The van der Waals surface area contributed by atoms with Gasteiger partial charge in [-0.1, -0.05) is 52.8 Å². The third-order valence-electron chi connectivity index (χ3n) is 13.6. The fourth-order valence-electron chi connectivity index (χ4n) is 11.0. The highest BCUT2D eigenvalue weighted by Gasteiger charge is 2.93. The van der Waals surface area contributed by atoms with Crippen molar-refractivity contribution in [2.24, 2.45) is 5.41 Å². The Kier molecular flexibility index (Phi) is 6.69. The van der Waals surface area contributed by atoms with Crippen LogP contribution in [0.1, 0.15) is 57.7 Å². The minimum Gasteiger partial charge on any atom is -0.457 e. The number of likely N-dealkylation sites (N-methyl/N-ethyl adjacent to an activating group) is 2. The van der Waals surface area contributed by atoms with Gasteiger partial charge in [0.05, 0.1) is 22.3 Å². The lowest BCUT2D eigenvalue weighted by Gasteiger charge is -2.59. The molecular formula is C37H38FN5O7S4. The van der Waals surface area contributed by atoms with Crippen molar-refractivity contribution in [3.8, 4) is 0 Å². The number of ether oxygens (including phenoxy) is 1. The van der Waals surface area contributed by atoms with Crippen molar-refractivity contribution in [1.29, 1.82) is 0 Å². The number of aliphatic hydroxyl groups is 1. The van der Waals surface area contributed by atoms with Crippen LogP contribution in [-0.4, -0.2) is 112 Å². The Morgan fingerprint density at radius 1 is 0.907 bits per heavy atom. The van der Waals surface area contributed by atoms with E-state index in [1.165, 1.54) is 48.4 Å². The van der Waals surface area contributed by atoms with Gasteiger partial charge in [-0.3, -0.25) is 28.9 Å². The second-order valence-electron chi connectivity index (χ2n) is 16.7. The number of hydrogen-bond acceptors (Lipinski definition) is 12. The summed E-state index contributed by atoms with van der Waals surface area (Å²) < 4.78 is 22.8. The van der Waals surface area contributed by atoms with Crippen molar-refractivity contribution in [3.63, 3.8) is 0 Å². The lowest BCUT2D eigenvalue weighted by Crippen LogP contribution is -2.77. The highest BCUT2D eigenvalue weighted by molar-refractivity contribution is 8.78. The molecular weight excluding hydrogens is 774 g/mol. The Morgan fingerprint density at radius 2 is 1.59 bits per heavy atom. The van der Waals surface area contributed by atoms with E-state index in [2.05, 4.69) is 5.32 Å². The van der Waals surface area contributed by atoms with E-state index in [9.17, 15) is 9.90 Å². The number of nitrogens with zero attached hydrogens (tertiary/aromatic N) is 4. The van der Waals surface area contributed by atoms with Gasteiger partial charge in [0.1, 0.15) is 18.1 Å². The van der Waals surface area contributed by atoms with Crippen LogP contribution < -0.4 is 5.32 Å². The van der Waals surface area contributed by atoms with Gasteiger partial charge in [0.15, 0.2) is 15.8 Å². The molecule has 54 heavy (non-hydrogen) atoms. The summed E-state index contributed by atoms with van der Waals surface area (Å²) in [6.07, 6.45) is -3.96. The Morgan fingerprint density at radius 3 is 2.30 bits per heavy atom. The first-order valence-electron chi connectivity index (χ1n) is 17.9. The third-order valence-corrected chi connectivity index (χ3v) is 21.1. The molecule has 12 rings (SSSR count). The van der Waals surface area contributed by atoms with E-state index in [1.54, 1.807) is 52.8 Å². The Bertz CT molecular complexity index is 2190. The molecule has 2 aromatic carbocycles. The van der Waals surface area contributed by atoms with Crippen LogP contribution in [0.25, 0.3) is 0 Å². The van der Waals surface area contributed by atoms with Crippen molar-refractivity contribution in [1.82, 2.24) is 19.6 Å². The zero-order chi connectivity index (χ0) is 38.5. The molecule has 17 heteroatoms. The molecule has 1 aliphatic carbocycles. The fourth-order valence-corrected chi connectivity index (χ4v) is 18.6. The number of fused-ring (bicyclic) bond motifs is 11. The molecule has 0 aromatic heterocycles. The van der Waals surface area contributed by atoms with Gasteiger partial charge in [-0.15, -0.1) is 0 Å². The lowest BCUT2D eigenvalue weighted by molar-refractivity contribution is -0.177. The second kappa shape index (κ2) is 10.2. The number of amides is 4. The van der Waals surface area contributed by atoms with Gasteiger partial charge in [-0.25, -0.2) is 4.39 Å². The standard InChI is InChI=1S/C37H38FN5O7S4/c1-8-33-27(46)42-22-15-17-11-9-10-12-19(17)34(22,23(44)36(42,53-52-33)28(47)41(33)7)35-20-16-18(38)13-14-21(20)39-25(35)43-26(45)32(5)40(6)29(48)37(43,54-51-32)24(35)50-30(49)31(2,3)4/h9-14,16,22-25,39,44H,8,15H2,1-7H3/t22-,23-,24-,25+,32-,33-,34-,35+,36-,37-/m0/s1. The summed E-state index contributed by atoms with van der Waals surface area (Å²) in [5, 5.41) is 17.2. The highest BCUT2D eigenvalue weighted by atomic mass is 33.1. The fraction of sp³-hybridized carbons (Fsp3) is 0.541. The van der Waals surface area contributed by atoms with Crippen LogP contribution in [0.15, 0.2) is 42.5 Å². The molecule has 4 bridgehead atoms. The predicted molar refractivity (Wildman–Crippen MR) is 203 cm³/mol. The van der Waals surface area contributed by atoms with Crippen molar-refractivity contribution in [3.05, 3.63) is 65.0 Å². The molecule has 12 nitrogen and oxygen atoms in total.